The largest absolute Gasteiger partial charge is 0.491 e. The Labute approximate surface area is 319 Å². The van der Waals surface area contributed by atoms with Crippen molar-refractivity contribution in [2.45, 2.75) is 56.1 Å². The smallest absolute Gasteiger partial charge is 0.269 e. The van der Waals surface area contributed by atoms with Gasteiger partial charge >= 0.3 is 0 Å². The molecule has 0 bridgehead atoms. The average Bonchev–Trinajstić information content (AvgIpc) is 4.01. The number of aryl methyl sites for hydroxylation is 1. The number of hydrogen-bond acceptors (Lipinski definition) is 9. The Hall–Kier alpha value is -5.56. The summed E-state index contributed by atoms with van der Waals surface area (Å²) in [6.45, 7) is 3.87. The Morgan fingerprint density at radius 1 is 0.909 bits per heavy atom. The molecule has 2 aliphatic heterocycles. The van der Waals surface area contributed by atoms with Crippen LogP contribution in [0.25, 0.3) is 33.5 Å². The Bertz CT molecular complexity index is 2520. The molecule has 55 heavy (non-hydrogen) atoms. The number of aliphatic hydroxyl groups is 1. The number of piperidine rings is 1. The van der Waals surface area contributed by atoms with E-state index < -0.39 is 16.6 Å². The zero-order valence-corrected chi connectivity index (χ0v) is 31.3. The first kappa shape index (κ1) is 35.2. The molecule has 11 nitrogen and oxygen atoms in total. The maximum Gasteiger partial charge on any atom is 0.269 e. The first-order chi connectivity index (χ1) is 26.8. The molecule has 0 unspecified atom stereocenters. The molecule has 1 saturated carbocycles. The summed E-state index contributed by atoms with van der Waals surface area (Å²) in [5.41, 5.74) is 5.79. The fraction of sp³-hybridized carbons (Fsp3) is 0.279. The van der Waals surface area contributed by atoms with E-state index in [9.17, 15) is 18.3 Å². The van der Waals surface area contributed by atoms with Crippen LogP contribution in [0.5, 0.6) is 11.5 Å². The number of amides is 1. The summed E-state index contributed by atoms with van der Waals surface area (Å²) >= 11 is 0. The first-order valence-corrected chi connectivity index (χ1v) is 20.2. The van der Waals surface area contributed by atoms with Gasteiger partial charge < -0.3 is 24.8 Å². The van der Waals surface area contributed by atoms with Gasteiger partial charge in [0, 0.05) is 16.5 Å². The molecule has 4 heterocycles. The monoisotopic (exact) mass is 755 g/mol. The van der Waals surface area contributed by atoms with E-state index in [1.807, 2.05) is 61.5 Å². The molecule has 4 aromatic carbocycles. The van der Waals surface area contributed by atoms with Crippen LogP contribution in [0.1, 0.15) is 58.6 Å². The van der Waals surface area contributed by atoms with E-state index in [1.165, 1.54) is 15.9 Å². The van der Waals surface area contributed by atoms with Crippen molar-refractivity contribution in [2.75, 3.05) is 31.1 Å². The Kier molecular flexibility index (Phi) is 9.12. The number of rotatable bonds is 9. The number of carbonyl (C=O) groups is 1. The summed E-state index contributed by atoms with van der Waals surface area (Å²) < 4.78 is 42.8. The van der Waals surface area contributed by atoms with Gasteiger partial charge in [-0.2, -0.15) is 0 Å². The lowest BCUT2D eigenvalue weighted by Crippen LogP contribution is -2.34. The molecule has 0 radical (unpaired) electrons. The topological polar surface area (TPSA) is 136 Å². The summed E-state index contributed by atoms with van der Waals surface area (Å²) in [4.78, 5) is 25.1. The van der Waals surface area contributed by atoms with Crippen LogP contribution >= 0.6 is 0 Å². The van der Waals surface area contributed by atoms with Crippen LogP contribution in [0.2, 0.25) is 0 Å². The maximum atomic E-state index is 14.6. The number of nitrogens with one attached hydrogen (secondary N) is 1. The Morgan fingerprint density at radius 2 is 1.69 bits per heavy atom. The van der Waals surface area contributed by atoms with Gasteiger partial charge in [0.25, 0.3) is 15.9 Å². The normalized spacial score (nSPS) is 16.5. The van der Waals surface area contributed by atoms with Crippen LogP contribution in [-0.2, 0) is 16.6 Å². The highest BCUT2D eigenvalue weighted by atomic mass is 32.2. The molecule has 1 saturated heterocycles. The lowest BCUT2D eigenvalue weighted by atomic mass is 9.99. The fourth-order valence-corrected chi connectivity index (χ4v) is 9.20. The van der Waals surface area contributed by atoms with Crippen molar-refractivity contribution in [1.29, 1.82) is 0 Å². The third-order valence-corrected chi connectivity index (χ3v) is 12.5. The molecule has 1 amide bonds. The van der Waals surface area contributed by atoms with Crippen molar-refractivity contribution in [3.8, 4) is 34.0 Å². The van der Waals surface area contributed by atoms with Crippen molar-refractivity contribution in [3.05, 3.63) is 120 Å². The van der Waals surface area contributed by atoms with Crippen molar-refractivity contribution in [3.63, 3.8) is 0 Å². The van der Waals surface area contributed by atoms with Gasteiger partial charge in [-0.25, -0.2) is 22.4 Å². The summed E-state index contributed by atoms with van der Waals surface area (Å²) in [6, 6.07) is 27.2. The lowest BCUT2D eigenvalue weighted by Gasteiger charge is -2.24. The van der Waals surface area contributed by atoms with E-state index in [4.69, 9.17) is 9.47 Å². The van der Waals surface area contributed by atoms with Gasteiger partial charge in [0.1, 0.15) is 30.5 Å². The van der Waals surface area contributed by atoms with Crippen LogP contribution in [-0.4, -0.2) is 65.7 Å². The van der Waals surface area contributed by atoms with Crippen LogP contribution in [0.3, 0.4) is 0 Å². The second kappa shape index (κ2) is 14.3. The molecule has 2 fully saturated rings. The maximum absolute atomic E-state index is 14.6. The molecule has 1 aliphatic carbocycles. The summed E-state index contributed by atoms with van der Waals surface area (Å²) in [7, 11) is -4.16. The van der Waals surface area contributed by atoms with E-state index in [-0.39, 0.29) is 35.7 Å². The van der Waals surface area contributed by atoms with Gasteiger partial charge in [-0.3, -0.25) is 4.79 Å². The number of benzene rings is 4. The number of nitrogens with zero attached hydrogens (tertiary/aromatic N) is 4. The van der Waals surface area contributed by atoms with E-state index >= 15 is 0 Å². The molecule has 3 aliphatic rings. The molecule has 9 rings (SSSR count). The molecule has 2 N–H and O–H groups in total. The highest BCUT2D eigenvalue weighted by Gasteiger charge is 2.32. The minimum absolute atomic E-state index is 0.113. The van der Waals surface area contributed by atoms with Gasteiger partial charge in [0.05, 0.1) is 40.7 Å². The van der Waals surface area contributed by atoms with Crippen LogP contribution < -0.4 is 19.7 Å². The van der Waals surface area contributed by atoms with E-state index in [2.05, 4.69) is 15.3 Å². The van der Waals surface area contributed by atoms with Gasteiger partial charge in [0.2, 0.25) is 0 Å². The number of hydrogen-bond donors (Lipinski definition) is 2. The number of aliphatic hydroxyl groups excluding tert-OH is 1. The van der Waals surface area contributed by atoms with E-state index in [0.29, 0.717) is 62.1 Å². The fourth-order valence-electron chi connectivity index (χ4n) is 7.72. The quantitative estimate of drug-likeness (QED) is 0.162. The third kappa shape index (κ3) is 6.53. The Balaban J connectivity index is 1.16. The SMILES string of the molecule is Cc1ccc(S(=O)(=O)n2c(-c3ccc(OC4CCNCC4)cc3)cc3c(-c4cccc(N5CCOc6cc(C7CC7)ccc6C5=O)c4CO)ncnc32)cc1. The van der Waals surface area contributed by atoms with Crippen molar-refractivity contribution >= 4 is 32.7 Å². The van der Waals surface area contributed by atoms with Gasteiger partial charge in [-0.1, -0.05) is 35.9 Å². The van der Waals surface area contributed by atoms with E-state index in [0.717, 1.165) is 44.3 Å². The predicted molar refractivity (Wildman–Crippen MR) is 210 cm³/mol. The third-order valence-electron chi connectivity index (χ3n) is 10.8. The Morgan fingerprint density at radius 3 is 2.44 bits per heavy atom. The first-order valence-electron chi connectivity index (χ1n) is 18.8. The standard InChI is InChI=1S/C43H41N5O6S/c1-27-5-14-33(15-6-27)55(51,52)48-39(29-9-12-31(13-10-29)54-32-17-19-44-20-18-32)24-36-41(45-26-46-42(36)48)34-3-2-4-38(37(34)25-49)47-21-22-53-40-23-30(28-7-8-28)11-16-35(40)43(47)50/h2-6,9-16,23-24,26,28,32,44,49H,7-8,17-22,25H2,1H3. The highest BCUT2D eigenvalue weighted by molar-refractivity contribution is 7.90. The lowest BCUT2D eigenvalue weighted by molar-refractivity contribution is 0.0989. The van der Waals surface area contributed by atoms with Gasteiger partial charge in [-0.15, -0.1) is 0 Å². The van der Waals surface area contributed by atoms with Crippen LogP contribution in [0.15, 0.2) is 102 Å². The average molecular weight is 756 g/mol. The predicted octanol–water partition coefficient (Wildman–Crippen LogP) is 6.85. The number of aromatic nitrogens is 3. The van der Waals surface area contributed by atoms with Crippen LogP contribution in [0, 0.1) is 6.92 Å². The molecule has 0 spiro atoms. The van der Waals surface area contributed by atoms with Gasteiger partial charge in [0.15, 0.2) is 5.65 Å². The minimum atomic E-state index is -4.16. The minimum Gasteiger partial charge on any atom is -0.491 e. The zero-order chi connectivity index (χ0) is 37.7. The van der Waals surface area contributed by atoms with Crippen molar-refractivity contribution in [1.82, 2.24) is 19.3 Å². The molecule has 2 aromatic heterocycles. The molecule has 6 aromatic rings. The zero-order valence-electron chi connectivity index (χ0n) is 30.4. The number of anilines is 1. The second-order valence-electron chi connectivity index (χ2n) is 14.5. The second-order valence-corrected chi connectivity index (χ2v) is 16.2. The van der Waals surface area contributed by atoms with Crippen molar-refractivity contribution in [2.24, 2.45) is 0 Å². The summed E-state index contributed by atoms with van der Waals surface area (Å²) in [5, 5.41) is 14.8. The molecular formula is C43H41N5O6S. The number of fused-ring (bicyclic) bond motifs is 2. The van der Waals surface area contributed by atoms with Crippen LogP contribution in [0.4, 0.5) is 5.69 Å². The number of carbonyl (C=O) groups excluding carboxylic acids is 1. The summed E-state index contributed by atoms with van der Waals surface area (Å²) in [6.07, 6.45) is 5.57. The molecule has 280 valence electrons. The highest BCUT2D eigenvalue weighted by Crippen LogP contribution is 2.43. The summed E-state index contributed by atoms with van der Waals surface area (Å²) in [5.74, 6) is 1.58. The van der Waals surface area contributed by atoms with E-state index in [1.54, 1.807) is 41.3 Å². The van der Waals surface area contributed by atoms with Crippen molar-refractivity contribution < 1.29 is 27.8 Å². The molecule has 0 atom stereocenters. The number of ether oxygens (including phenoxy) is 2. The molecular weight excluding hydrogens is 715 g/mol. The van der Waals surface area contributed by atoms with Gasteiger partial charge in [-0.05, 0) is 123 Å². The molecule has 12 heteroatoms.